The highest BCUT2D eigenvalue weighted by Crippen LogP contribution is 2.30. The smallest absolute Gasteiger partial charge is 0.266 e. The van der Waals surface area contributed by atoms with Crippen molar-refractivity contribution < 1.29 is 14.3 Å². The summed E-state index contributed by atoms with van der Waals surface area (Å²) in [5, 5.41) is 12.3. The van der Waals surface area contributed by atoms with Crippen molar-refractivity contribution in [2.45, 2.75) is 33.8 Å². The third-order valence-electron chi connectivity index (χ3n) is 5.45. The van der Waals surface area contributed by atoms with Gasteiger partial charge in [0.15, 0.2) is 11.5 Å². The van der Waals surface area contributed by atoms with Crippen molar-refractivity contribution in [3.8, 4) is 17.6 Å². The minimum absolute atomic E-state index is 0.000389. The number of hydrogen-bond donors (Lipinski definition) is 1. The molecule has 5 heteroatoms. The van der Waals surface area contributed by atoms with E-state index >= 15 is 0 Å². The molecule has 3 aromatic carbocycles. The summed E-state index contributed by atoms with van der Waals surface area (Å²) in [5.41, 5.74) is 6.01. The van der Waals surface area contributed by atoms with Gasteiger partial charge < -0.3 is 14.8 Å². The average Bonchev–Trinajstić information content (AvgIpc) is 2.83. The Balaban J connectivity index is 1.73. The predicted molar refractivity (Wildman–Crippen MR) is 131 cm³/mol. The maximum atomic E-state index is 12.6. The topological polar surface area (TPSA) is 71.4 Å². The zero-order chi connectivity index (χ0) is 23.8. The van der Waals surface area contributed by atoms with Crippen molar-refractivity contribution in [2.75, 3.05) is 12.4 Å². The maximum Gasteiger partial charge on any atom is 0.266 e. The zero-order valence-corrected chi connectivity index (χ0v) is 19.4. The minimum atomic E-state index is -0.462. The molecule has 0 radical (unpaired) electrons. The first-order valence-corrected chi connectivity index (χ1v) is 10.8. The second kappa shape index (κ2) is 11.0. The number of rotatable bonds is 8. The molecule has 0 heterocycles. The lowest BCUT2D eigenvalue weighted by Gasteiger charge is -2.12. The molecular weight excluding hydrogens is 412 g/mol. The lowest BCUT2D eigenvalue weighted by molar-refractivity contribution is -0.112. The molecule has 0 aliphatic rings. The van der Waals surface area contributed by atoms with Gasteiger partial charge in [0.05, 0.1) is 7.11 Å². The molecule has 0 saturated carbocycles. The molecule has 3 aromatic rings. The molecule has 0 aromatic heterocycles. The summed E-state index contributed by atoms with van der Waals surface area (Å²) in [7, 11) is 1.56. The SMILES string of the molecule is CCc1ccc(NC(=O)/C(C#N)=C/c2ccc(OCc3ccc(C)c(C)c3)c(OC)c2)cc1. The molecule has 0 aliphatic carbocycles. The summed E-state index contributed by atoms with van der Waals surface area (Å²) in [6.45, 7) is 6.63. The molecular formula is C28H28N2O3. The number of hydrogen-bond acceptors (Lipinski definition) is 4. The van der Waals surface area contributed by atoms with Crippen LogP contribution in [0.15, 0.2) is 66.2 Å². The van der Waals surface area contributed by atoms with E-state index < -0.39 is 5.91 Å². The first-order chi connectivity index (χ1) is 15.9. The number of nitrogens with zero attached hydrogens (tertiary/aromatic N) is 1. The van der Waals surface area contributed by atoms with E-state index in [1.54, 1.807) is 25.3 Å². The molecule has 168 valence electrons. The number of nitrogens with one attached hydrogen (secondary N) is 1. The highest BCUT2D eigenvalue weighted by molar-refractivity contribution is 6.09. The van der Waals surface area contributed by atoms with Crippen LogP contribution < -0.4 is 14.8 Å². The molecule has 1 amide bonds. The van der Waals surface area contributed by atoms with E-state index in [-0.39, 0.29) is 5.57 Å². The Bertz CT molecular complexity index is 1200. The zero-order valence-electron chi connectivity index (χ0n) is 19.4. The van der Waals surface area contributed by atoms with Gasteiger partial charge in [-0.05, 0) is 78.4 Å². The van der Waals surface area contributed by atoms with Crippen LogP contribution in [0.5, 0.6) is 11.5 Å². The molecule has 0 fully saturated rings. The number of carbonyl (C=O) groups excluding carboxylic acids is 1. The van der Waals surface area contributed by atoms with Gasteiger partial charge in [0.1, 0.15) is 18.2 Å². The molecule has 3 rings (SSSR count). The quantitative estimate of drug-likeness (QED) is 0.344. The summed E-state index contributed by atoms with van der Waals surface area (Å²) >= 11 is 0. The Morgan fingerprint density at radius 1 is 0.970 bits per heavy atom. The average molecular weight is 441 g/mol. The highest BCUT2D eigenvalue weighted by Gasteiger charge is 2.12. The fourth-order valence-corrected chi connectivity index (χ4v) is 3.29. The van der Waals surface area contributed by atoms with E-state index in [2.05, 4.69) is 38.2 Å². The van der Waals surface area contributed by atoms with Crippen LogP contribution in [-0.4, -0.2) is 13.0 Å². The van der Waals surface area contributed by atoms with Crippen molar-refractivity contribution in [1.29, 1.82) is 5.26 Å². The normalized spacial score (nSPS) is 10.9. The third-order valence-corrected chi connectivity index (χ3v) is 5.45. The fraction of sp³-hybridized carbons (Fsp3) is 0.214. The van der Waals surface area contributed by atoms with Crippen LogP contribution in [0, 0.1) is 25.2 Å². The molecule has 33 heavy (non-hydrogen) atoms. The number of anilines is 1. The molecule has 0 spiro atoms. The predicted octanol–water partition coefficient (Wildman–Crippen LogP) is 6.00. The monoisotopic (exact) mass is 440 g/mol. The fourth-order valence-electron chi connectivity index (χ4n) is 3.29. The molecule has 1 N–H and O–H groups in total. The Hall–Kier alpha value is -4.04. The highest BCUT2D eigenvalue weighted by atomic mass is 16.5. The van der Waals surface area contributed by atoms with Gasteiger partial charge in [0, 0.05) is 5.69 Å². The number of nitriles is 1. The van der Waals surface area contributed by atoms with E-state index in [9.17, 15) is 10.1 Å². The van der Waals surface area contributed by atoms with Crippen molar-refractivity contribution in [3.63, 3.8) is 0 Å². The van der Waals surface area contributed by atoms with E-state index in [0.717, 1.165) is 12.0 Å². The maximum absolute atomic E-state index is 12.6. The van der Waals surface area contributed by atoms with Crippen LogP contribution in [0.2, 0.25) is 0 Å². The van der Waals surface area contributed by atoms with Crippen LogP contribution in [0.1, 0.15) is 34.7 Å². The number of aryl methyl sites for hydroxylation is 3. The Morgan fingerprint density at radius 2 is 1.70 bits per heavy atom. The van der Waals surface area contributed by atoms with Gasteiger partial charge >= 0.3 is 0 Å². The largest absolute Gasteiger partial charge is 0.493 e. The van der Waals surface area contributed by atoms with Crippen LogP contribution in [0.3, 0.4) is 0 Å². The van der Waals surface area contributed by atoms with Crippen molar-refractivity contribution in [1.82, 2.24) is 0 Å². The molecule has 0 saturated heterocycles. The lowest BCUT2D eigenvalue weighted by atomic mass is 10.1. The Morgan fingerprint density at radius 3 is 2.33 bits per heavy atom. The summed E-state index contributed by atoms with van der Waals surface area (Å²) in [6, 6.07) is 21.1. The number of amides is 1. The van der Waals surface area contributed by atoms with E-state index in [1.165, 1.54) is 22.8 Å². The molecule has 0 aliphatic heterocycles. The van der Waals surface area contributed by atoms with Gasteiger partial charge in [-0.3, -0.25) is 4.79 Å². The second-order valence-corrected chi connectivity index (χ2v) is 7.79. The number of benzene rings is 3. The third kappa shape index (κ3) is 6.24. The Labute approximate surface area is 195 Å². The number of ether oxygens (including phenoxy) is 2. The minimum Gasteiger partial charge on any atom is -0.493 e. The van der Waals surface area contributed by atoms with Crippen LogP contribution in [0.4, 0.5) is 5.69 Å². The summed E-state index contributed by atoms with van der Waals surface area (Å²) in [5.74, 6) is 0.656. The molecule has 5 nitrogen and oxygen atoms in total. The molecule has 0 unspecified atom stereocenters. The van der Waals surface area contributed by atoms with E-state index in [1.807, 2.05) is 36.4 Å². The van der Waals surface area contributed by atoms with Crippen molar-refractivity contribution >= 4 is 17.7 Å². The first kappa shape index (κ1) is 23.6. The summed E-state index contributed by atoms with van der Waals surface area (Å²) in [4.78, 5) is 12.6. The number of methoxy groups -OCH3 is 1. The standard InChI is InChI=1S/C28H28N2O3/c1-5-21-8-11-25(12-9-21)30-28(31)24(17-29)15-22-10-13-26(27(16-22)32-4)33-18-23-7-6-19(2)20(3)14-23/h6-16H,5,18H2,1-4H3,(H,30,31)/b24-15+. The van der Waals surface area contributed by atoms with Gasteiger partial charge in [-0.25, -0.2) is 0 Å². The van der Waals surface area contributed by atoms with Crippen LogP contribution in [0.25, 0.3) is 6.08 Å². The van der Waals surface area contributed by atoms with Crippen molar-refractivity contribution in [3.05, 3.63) is 94.1 Å². The second-order valence-electron chi connectivity index (χ2n) is 7.79. The van der Waals surface area contributed by atoms with Crippen LogP contribution >= 0.6 is 0 Å². The van der Waals surface area contributed by atoms with Gasteiger partial charge in [0.2, 0.25) is 0 Å². The number of carbonyl (C=O) groups is 1. The van der Waals surface area contributed by atoms with Gasteiger partial charge in [0.25, 0.3) is 5.91 Å². The molecule has 0 atom stereocenters. The van der Waals surface area contributed by atoms with E-state index in [4.69, 9.17) is 9.47 Å². The summed E-state index contributed by atoms with van der Waals surface area (Å²) < 4.78 is 11.4. The van der Waals surface area contributed by atoms with Crippen LogP contribution in [-0.2, 0) is 17.8 Å². The van der Waals surface area contributed by atoms with Gasteiger partial charge in [-0.15, -0.1) is 0 Å². The summed E-state index contributed by atoms with van der Waals surface area (Å²) in [6.07, 6.45) is 2.45. The lowest BCUT2D eigenvalue weighted by Crippen LogP contribution is -2.13. The van der Waals surface area contributed by atoms with Gasteiger partial charge in [-0.2, -0.15) is 5.26 Å². The van der Waals surface area contributed by atoms with Gasteiger partial charge in [-0.1, -0.05) is 43.3 Å². The molecule has 0 bridgehead atoms. The van der Waals surface area contributed by atoms with E-state index in [0.29, 0.717) is 29.4 Å². The Kier molecular flexibility index (Phi) is 7.88. The first-order valence-electron chi connectivity index (χ1n) is 10.8. The van der Waals surface area contributed by atoms with Crippen molar-refractivity contribution in [2.24, 2.45) is 0 Å².